The number of rotatable bonds is 6. The van der Waals surface area contributed by atoms with Crippen LogP contribution in [0.5, 0.6) is 11.5 Å². The molecule has 2 atom stereocenters. The van der Waals surface area contributed by atoms with Crippen LogP contribution in [0.15, 0.2) is 97.1 Å². The molecule has 4 aromatic rings. The van der Waals surface area contributed by atoms with Crippen LogP contribution >= 0.6 is 0 Å². The van der Waals surface area contributed by atoms with E-state index >= 15 is 0 Å². The zero-order valence-electron chi connectivity index (χ0n) is 20.4. The highest BCUT2D eigenvalue weighted by Gasteiger charge is 2.53. The number of benzene rings is 4. The number of hydrogen-bond donors (Lipinski definition) is 1. The molecule has 36 heavy (non-hydrogen) atoms. The second kappa shape index (κ2) is 8.76. The van der Waals surface area contributed by atoms with E-state index in [1.807, 2.05) is 72.8 Å². The molecule has 0 saturated carbocycles. The van der Waals surface area contributed by atoms with Crippen molar-refractivity contribution in [2.24, 2.45) is 0 Å². The second-order valence-electron chi connectivity index (χ2n) is 9.12. The SMILES string of the molecule is CCC(Nc1ccccc1)N(CC)c1ccc2c(c1)Oc1ccccc1C21OC(=O)c2ccccc21. The van der Waals surface area contributed by atoms with Crippen LogP contribution in [0.1, 0.15) is 47.3 Å². The fourth-order valence-electron chi connectivity index (χ4n) is 5.50. The first-order chi connectivity index (χ1) is 17.7. The summed E-state index contributed by atoms with van der Waals surface area (Å²) in [6.45, 7) is 5.15. The summed E-state index contributed by atoms with van der Waals surface area (Å²) in [5.41, 5.74) is 4.22. The van der Waals surface area contributed by atoms with Crippen molar-refractivity contribution in [2.75, 3.05) is 16.8 Å². The van der Waals surface area contributed by atoms with Gasteiger partial charge in [-0.15, -0.1) is 0 Å². The van der Waals surface area contributed by atoms with Crippen LogP contribution in [-0.4, -0.2) is 18.7 Å². The van der Waals surface area contributed by atoms with Crippen LogP contribution in [0.4, 0.5) is 11.4 Å². The van der Waals surface area contributed by atoms with Crippen LogP contribution in [0.25, 0.3) is 0 Å². The van der Waals surface area contributed by atoms with Crippen molar-refractivity contribution >= 4 is 17.3 Å². The Labute approximate surface area is 211 Å². The van der Waals surface area contributed by atoms with E-state index in [2.05, 4.69) is 48.3 Å². The number of esters is 1. The molecule has 0 amide bonds. The molecule has 0 radical (unpaired) electrons. The lowest BCUT2D eigenvalue weighted by atomic mass is 9.77. The predicted octanol–water partition coefficient (Wildman–Crippen LogP) is 6.93. The lowest BCUT2D eigenvalue weighted by Crippen LogP contribution is -2.41. The average molecular weight is 477 g/mol. The molecule has 0 bridgehead atoms. The number of anilines is 2. The summed E-state index contributed by atoms with van der Waals surface area (Å²) in [6.07, 6.45) is 1.02. The second-order valence-corrected chi connectivity index (χ2v) is 9.12. The molecule has 2 aliphatic heterocycles. The van der Waals surface area contributed by atoms with Crippen molar-refractivity contribution in [1.29, 1.82) is 0 Å². The highest BCUT2D eigenvalue weighted by Crippen LogP contribution is 2.56. The van der Waals surface area contributed by atoms with Gasteiger partial charge in [-0.1, -0.05) is 61.5 Å². The van der Waals surface area contributed by atoms with Gasteiger partial charge in [-0.3, -0.25) is 0 Å². The number of ether oxygens (including phenoxy) is 2. The standard InChI is InChI=1S/C31H28N2O3/c1-3-29(32-21-12-6-5-7-13-21)33(4-2)22-18-19-26-28(20-22)35-27-17-11-10-16-25(27)31(26)24-15-9-8-14-23(24)30(34)36-31/h5-20,29,32H,3-4H2,1-2H3. The normalized spacial score (nSPS) is 17.9. The summed E-state index contributed by atoms with van der Waals surface area (Å²) in [7, 11) is 0. The van der Waals surface area contributed by atoms with Gasteiger partial charge in [0.25, 0.3) is 0 Å². The van der Waals surface area contributed by atoms with Gasteiger partial charge in [-0.2, -0.15) is 0 Å². The van der Waals surface area contributed by atoms with Gasteiger partial charge in [-0.05, 0) is 49.7 Å². The highest BCUT2D eigenvalue weighted by atomic mass is 16.6. The van der Waals surface area contributed by atoms with Crippen molar-refractivity contribution in [3.63, 3.8) is 0 Å². The Balaban J connectivity index is 1.46. The van der Waals surface area contributed by atoms with Gasteiger partial charge < -0.3 is 19.7 Å². The van der Waals surface area contributed by atoms with E-state index in [1.54, 1.807) is 0 Å². The van der Waals surface area contributed by atoms with Crippen LogP contribution < -0.4 is 15.0 Å². The maximum atomic E-state index is 13.0. The Morgan fingerprint density at radius 3 is 2.28 bits per heavy atom. The molecule has 0 aromatic heterocycles. The number of nitrogens with zero attached hydrogens (tertiary/aromatic N) is 1. The largest absolute Gasteiger partial charge is 0.456 e. The Bertz CT molecular complexity index is 1430. The molecular formula is C31H28N2O3. The summed E-state index contributed by atoms with van der Waals surface area (Å²) >= 11 is 0. The number of fused-ring (bicyclic) bond motifs is 6. The first-order valence-electron chi connectivity index (χ1n) is 12.5. The maximum Gasteiger partial charge on any atom is 0.340 e. The van der Waals surface area contributed by atoms with E-state index in [0.29, 0.717) is 17.1 Å². The zero-order chi connectivity index (χ0) is 24.7. The molecule has 2 aliphatic rings. The molecule has 180 valence electrons. The third-order valence-corrected chi connectivity index (χ3v) is 7.15. The van der Waals surface area contributed by atoms with Gasteiger partial charge in [0.05, 0.1) is 11.7 Å². The van der Waals surface area contributed by atoms with Crippen molar-refractivity contribution < 1.29 is 14.3 Å². The van der Waals surface area contributed by atoms with E-state index in [9.17, 15) is 4.79 Å². The van der Waals surface area contributed by atoms with Crippen LogP contribution in [0, 0.1) is 0 Å². The van der Waals surface area contributed by atoms with Crippen LogP contribution in [0.3, 0.4) is 0 Å². The molecular weight excluding hydrogens is 448 g/mol. The van der Waals surface area contributed by atoms with Crippen molar-refractivity contribution in [3.8, 4) is 11.5 Å². The number of carbonyl (C=O) groups is 1. The van der Waals surface area contributed by atoms with E-state index in [1.165, 1.54) is 0 Å². The molecule has 1 N–H and O–H groups in total. The molecule has 4 aromatic carbocycles. The summed E-state index contributed by atoms with van der Waals surface area (Å²) < 4.78 is 12.7. The highest BCUT2D eigenvalue weighted by molar-refractivity contribution is 5.97. The van der Waals surface area contributed by atoms with Crippen molar-refractivity contribution in [1.82, 2.24) is 0 Å². The summed E-state index contributed by atoms with van der Waals surface area (Å²) in [4.78, 5) is 15.3. The Morgan fingerprint density at radius 1 is 0.806 bits per heavy atom. The van der Waals surface area contributed by atoms with Crippen molar-refractivity contribution in [2.45, 2.75) is 32.0 Å². The van der Waals surface area contributed by atoms with Gasteiger partial charge in [0.15, 0.2) is 5.60 Å². The first-order valence-corrected chi connectivity index (χ1v) is 12.5. The van der Waals surface area contributed by atoms with E-state index < -0.39 is 5.60 Å². The van der Waals surface area contributed by atoms with E-state index in [-0.39, 0.29) is 12.1 Å². The lowest BCUT2D eigenvalue weighted by molar-refractivity contribution is 0.0224. The fourth-order valence-corrected chi connectivity index (χ4v) is 5.50. The molecule has 6 rings (SSSR count). The Morgan fingerprint density at radius 2 is 1.50 bits per heavy atom. The molecule has 0 saturated heterocycles. The van der Waals surface area contributed by atoms with Gasteiger partial charge in [-0.25, -0.2) is 4.79 Å². The van der Waals surface area contributed by atoms with E-state index in [0.717, 1.165) is 41.0 Å². The minimum absolute atomic E-state index is 0.102. The minimum atomic E-state index is -1.03. The predicted molar refractivity (Wildman–Crippen MR) is 142 cm³/mol. The quantitative estimate of drug-likeness (QED) is 0.242. The van der Waals surface area contributed by atoms with Crippen LogP contribution in [0.2, 0.25) is 0 Å². The molecule has 0 aliphatic carbocycles. The third kappa shape index (κ3) is 3.34. The fraction of sp³-hybridized carbons (Fsp3) is 0.194. The molecule has 5 nitrogen and oxygen atoms in total. The topological polar surface area (TPSA) is 50.8 Å². The first kappa shape index (κ1) is 22.2. The average Bonchev–Trinajstić information content (AvgIpc) is 3.22. The Kier molecular flexibility index (Phi) is 5.41. The van der Waals surface area contributed by atoms with Crippen molar-refractivity contribution in [3.05, 3.63) is 119 Å². The third-order valence-electron chi connectivity index (χ3n) is 7.15. The number of para-hydroxylation sites is 2. The minimum Gasteiger partial charge on any atom is -0.456 e. The molecule has 0 fully saturated rings. The Hall–Kier alpha value is -4.25. The molecule has 5 heteroatoms. The molecule has 2 heterocycles. The van der Waals surface area contributed by atoms with Gasteiger partial charge in [0, 0.05) is 40.7 Å². The number of hydrogen-bond acceptors (Lipinski definition) is 5. The van der Waals surface area contributed by atoms with Gasteiger partial charge >= 0.3 is 5.97 Å². The molecule has 1 spiro atoms. The van der Waals surface area contributed by atoms with Crippen LogP contribution in [-0.2, 0) is 10.3 Å². The van der Waals surface area contributed by atoms with E-state index in [4.69, 9.17) is 9.47 Å². The number of carbonyl (C=O) groups excluding carboxylic acids is 1. The lowest BCUT2D eigenvalue weighted by Gasteiger charge is -2.38. The number of nitrogens with one attached hydrogen (secondary N) is 1. The molecule has 2 unspecified atom stereocenters. The maximum absolute atomic E-state index is 13.0. The summed E-state index contributed by atoms with van der Waals surface area (Å²) in [5.74, 6) is 1.08. The summed E-state index contributed by atoms with van der Waals surface area (Å²) in [6, 6.07) is 31.9. The van der Waals surface area contributed by atoms with Gasteiger partial charge in [0.1, 0.15) is 11.5 Å². The smallest absolute Gasteiger partial charge is 0.340 e. The zero-order valence-corrected chi connectivity index (χ0v) is 20.4. The monoisotopic (exact) mass is 476 g/mol. The summed E-state index contributed by atoms with van der Waals surface area (Å²) in [5, 5.41) is 3.66. The van der Waals surface area contributed by atoms with Gasteiger partial charge in [0.2, 0.25) is 0 Å².